The second-order valence-corrected chi connectivity index (χ2v) is 12.4. The van der Waals surface area contributed by atoms with Crippen molar-refractivity contribution >= 4 is 51.3 Å². The van der Waals surface area contributed by atoms with Crippen molar-refractivity contribution in [3.63, 3.8) is 0 Å². The van der Waals surface area contributed by atoms with Crippen molar-refractivity contribution in [3.8, 4) is 11.5 Å². The van der Waals surface area contributed by atoms with E-state index in [1.54, 1.807) is 43.3 Å². The Morgan fingerprint density at radius 2 is 1.89 bits per heavy atom. The number of halogens is 1. The van der Waals surface area contributed by atoms with Crippen LogP contribution in [0.5, 0.6) is 11.5 Å². The number of methoxy groups -OCH3 is 1. The molecule has 0 aliphatic carbocycles. The van der Waals surface area contributed by atoms with Gasteiger partial charge < -0.3 is 19.0 Å². The smallest absolute Gasteiger partial charge is 0.301 e. The van der Waals surface area contributed by atoms with E-state index in [9.17, 15) is 19.1 Å². The molecular formula is C32H28FN5O5S2. The third kappa shape index (κ3) is 5.42. The van der Waals surface area contributed by atoms with Gasteiger partial charge in [-0.2, -0.15) is 0 Å². The van der Waals surface area contributed by atoms with Crippen molar-refractivity contribution in [3.05, 3.63) is 100 Å². The number of imidazole rings is 1. The molecular weight excluding hydrogens is 618 g/mol. The highest BCUT2D eigenvalue weighted by molar-refractivity contribution is 8.00. The van der Waals surface area contributed by atoms with Crippen molar-refractivity contribution < 1.29 is 28.6 Å². The first-order valence-electron chi connectivity index (χ1n) is 14.0. The fraction of sp³-hybridized carbons (Fsp3) is 0.219. The van der Waals surface area contributed by atoms with Crippen molar-refractivity contribution in [2.45, 2.75) is 36.9 Å². The van der Waals surface area contributed by atoms with Crippen LogP contribution in [0.1, 0.15) is 41.0 Å². The van der Waals surface area contributed by atoms with Gasteiger partial charge in [0.05, 0.1) is 31.0 Å². The summed E-state index contributed by atoms with van der Waals surface area (Å²) in [5, 5.41) is 20.4. The molecule has 10 nitrogen and oxygen atoms in total. The summed E-state index contributed by atoms with van der Waals surface area (Å²) in [5.41, 5.74) is 3.11. The summed E-state index contributed by atoms with van der Waals surface area (Å²) in [5.74, 6) is -1.35. The second-order valence-electron chi connectivity index (χ2n) is 10.2. The highest BCUT2D eigenvalue weighted by atomic mass is 32.2. The fourth-order valence-electron chi connectivity index (χ4n) is 5.26. The van der Waals surface area contributed by atoms with Gasteiger partial charge in [0.1, 0.15) is 17.2 Å². The highest BCUT2D eigenvalue weighted by Crippen LogP contribution is 2.46. The zero-order valence-electron chi connectivity index (χ0n) is 24.8. The number of aliphatic hydroxyl groups is 1. The molecule has 45 heavy (non-hydrogen) atoms. The van der Waals surface area contributed by atoms with Crippen molar-refractivity contribution in [1.82, 2.24) is 19.6 Å². The van der Waals surface area contributed by atoms with E-state index >= 15 is 0 Å². The first-order chi connectivity index (χ1) is 21.7. The van der Waals surface area contributed by atoms with Gasteiger partial charge in [-0.25, -0.2) is 9.37 Å². The number of thioether (sulfide) groups is 1. The average Bonchev–Trinajstić information content (AvgIpc) is 3.72. The molecule has 1 aliphatic heterocycles. The molecule has 1 amide bonds. The largest absolute Gasteiger partial charge is 0.505 e. The highest BCUT2D eigenvalue weighted by Gasteiger charge is 2.49. The Kier molecular flexibility index (Phi) is 8.30. The molecule has 0 radical (unpaired) electrons. The Bertz CT molecular complexity index is 1990. The molecule has 1 atom stereocenters. The van der Waals surface area contributed by atoms with E-state index in [0.29, 0.717) is 50.7 Å². The summed E-state index contributed by atoms with van der Waals surface area (Å²) < 4.78 is 27.7. The predicted octanol–water partition coefficient (Wildman–Crippen LogP) is 6.27. The van der Waals surface area contributed by atoms with Crippen LogP contribution in [-0.4, -0.2) is 50.1 Å². The minimum Gasteiger partial charge on any atom is -0.505 e. The Morgan fingerprint density at radius 1 is 1.09 bits per heavy atom. The number of nitrogens with zero attached hydrogens (tertiary/aromatic N) is 5. The predicted molar refractivity (Wildman–Crippen MR) is 169 cm³/mol. The molecule has 5 aromatic rings. The van der Waals surface area contributed by atoms with Crippen LogP contribution in [0.4, 0.5) is 9.52 Å². The number of carbonyl (C=O) groups excluding carboxylic acids is 2. The molecule has 3 aromatic heterocycles. The summed E-state index contributed by atoms with van der Waals surface area (Å²) in [6.45, 7) is 5.93. The van der Waals surface area contributed by atoms with E-state index in [4.69, 9.17) is 9.47 Å². The number of amides is 1. The number of hydrogen-bond acceptors (Lipinski definition) is 10. The van der Waals surface area contributed by atoms with E-state index in [2.05, 4.69) is 15.2 Å². The third-order valence-corrected chi connectivity index (χ3v) is 9.57. The fourth-order valence-corrected chi connectivity index (χ4v) is 7.12. The van der Waals surface area contributed by atoms with Gasteiger partial charge in [-0.1, -0.05) is 53.4 Å². The number of benzene rings is 2. The van der Waals surface area contributed by atoms with Gasteiger partial charge in [0, 0.05) is 11.9 Å². The number of pyridine rings is 1. The summed E-state index contributed by atoms with van der Waals surface area (Å²) >= 11 is 2.35. The van der Waals surface area contributed by atoms with Crippen LogP contribution < -0.4 is 14.4 Å². The van der Waals surface area contributed by atoms with Crippen LogP contribution in [0.15, 0.2) is 70.7 Å². The Hall–Kier alpha value is -4.75. The molecule has 1 N–H and O–H groups in total. The lowest BCUT2D eigenvalue weighted by atomic mass is 9.96. The minimum absolute atomic E-state index is 0.146. The monoisotopic (exact) mass is 645 g/mol. The number of Topliss-reactive ketones (excluding diaryl/α,β-unsaturated/α-hetero) is 1. The van der Waals surface area contributed by atoms with Gasteiger partial charge in [-0.15, -0.1) is 10.2 Å². The summed E-state index contributed by atoms with van der Waals surface area (Å²) in [6.07, 6.45) is 1.82. The topological polar surface area (TPSA) is 119 Å². The second kappa shape index (κ2) is 12.3. The van der Waals surface area contributed by atoms with E-state index in [1.807, 2.05) is 36.6 Å². The normalized spacial score (nSPS) is 16.1. The maximum atomic E-state index is 14.2. The molecule has 2 aromatic carbocycles. The van der Waals surface area contributed by atoms with E-state index in [0.717, 1.165) is 16.9 Å². The number of hydrogen-bond donors (Lipinski definition) is 1. The Morgan fingerprint density at radius 3 is 2.62 bits per heavy atom. The van der Waals surface area contributed by atoms with E-state index in [-0.39, 0.29) is 22.2 Å². The Labute approximate surface area is 266 Å². The Balaban J connectivity index is 1.47. The molecule has 0 spiro atoms. The maximum absolute atomic E-state index is 14.2. The van der Waals surface area contributed by atoms with Crippen molar-refractivity contribution in [1.29, 1.82) is 0 Å². The van der Waals surface area contributed by atoms with E-state index < -0.39 is 23.5 Å². The van der Waals surface area contributed by atoms with Gasteiger partial charge in [0.25, 0.3) is 5.78 Å². The number of aliphatic hydroxyl groups excluding tert-OH is 1. The number of anilines is 1. The molecule has 0 bridgehead atoms. The molecule has 1 saturated heterocycles. The first-order valence-corrected chi connectivity index (χ1v) is 15.8. The number of ether oxygens (including phenoxy) is 2. The SMILES string of the molecule is CCOc1ccc(C2C(=C(O)c3nc4c(C)cccn4c3C)C(=O)C(=O)N2c2nnc(SCc3ccccc3F)s2)cc1OC. The first kappa shape index (κ1) is 30.3. The number of ketones is 1. The molecule has 6 rings (SSSR count). The lowest BCUT2D eigenvalue weighted by Gasteiger charge is -2.23. The molecule has 13 heteroatoms. The van der Waals surface area contributed by atoms with E-state index in [1.165, 1.54) is 29.8 Å². The standard InChI is InChI=1S/C32H28FN5O5S2/c1-5-43-22-13-12-19(15-23(22)42-4)26-24(27(39)25-18(3)37-14-8-9-17(2)29(37)34-25)28(40)30(41)38(26)31-35-36-32(45-31)44-16-20-10-6-7-11-21(20)33/h6-15,26,39H,5,16H2,1-4H3. The van der Waals surface area contributed by atoms with Gasteiger partial charge in [-0.3, -0.25) is 14.5 Å². The number of rotatable bonds is 9. The van der Waals surface area contributed by atoms with Crippen molar-refractivity contribution in [2.24, 2.45) is 0 Å². The van der Waals surface area contributed by atoms with Crippen LogP contribution in [0, 0.1) is 19.7 Å². The third-order valence-electron chi connectivity index (χ3n) is 7.47. The van der Waals surface area contributed by atoms with Crippen LogP contribution in [-0.2, 0) is 15.3 Å². The average molecular weight is 646 g/mol. The van der Waals surface area contributed by atoms with Crippen LogP contribution in [0.25, 0.3) is 11.4 Å². The summed E-state index contributed by atoms with van der Waals surface area (Å²) in [4.78, 5) is 33.4. The minimum atomic E-state index is -1.09. The zero-order chi connectivity index (χ0) is 31.8. The number of carbonyl (C=O) groups is 2. The van der Waals surface area contributed by atoms with Crippen LogP contribution >= 0.6 is 23.1 Å². The molecule has 230 valence electrons. The molecule has 0 saturated carbocycles. The maximum Gasteiger partial charge on any atom is 0.301 e. The quantitative estimate of drug-likeness (QED) is 0.0651. The zero-order valence-corrected chi connectivity index (χ0v) is 26.4. The number of fused-ring (bicyclic) bond motifs is 1. The molecule has 1 fully saturated rings. The molecule has 4 heterocycles. The van der Waals surface area contributed by atoms with Gasteiger partial charge in [-0.05, 0) is 61.7 Å². The number of aromatic nitrogens is 4. The van der Waals surface area contributed by atoms with Gasteiger partial charge >= 0.3 is 5.91 Å². The molecule has 1 aliphatic rings. The van der Waals surface area contributed by atoms with Crippen LogP contribution in [0.2, 0.25) is 0 Å². The lowest BCUT2D eigenvalue weighted by molar-refractivity contribution is -0.132. The van der Waals surface area contributed by atoms with Gasteiger partial charge in [0.2, 0.25) is 5.13 Å². The van der Waals surface area contributed by atoms with Crippen molar-refractivity contribution in [2.75, 3.05) is 18.6 Å². The molecule has 1 unspecified atom stereocenters. The number of aryl methyl sites for hydroxylation is 2. The summed E-state index contributed by atoms with van der Waals surface area (Å²) in [7, 11) is 1.49. The van der Waals surface area contributed by atoms with Gasteiger partial charge in [0.15, 0.2) is 21.6 Å². The summed E-state index contributed by atoms with van der Waals surface area (Å²) in [6, 6.07) is 14.2. The van der Waals surface area contributed by atoms with Crippen LogP contribution in [0.3, 0.4) is 0 Å². The lowest BCUT2D eigenvalue weighted by Crippen LogP contribution is -2.29.